The van der Waals surface area contributed by atoms with Gasteiger partial charge in [-0.2, -0.15) is 0 Å². The summed E-state index contributed by atoms with van der Waals surface area (Å²) >= 11 is 0. The van der Waals surface area contributed by atoms with Crippen LogP contribution in [0.4, 0.5) is 0 Å². The molecule has 1 aromatic carbocycles. The number of unbranched alkanes of at least 4 members (excludes halogenated alkanes) is 9. The number of carbonyl (C=O) groups is 3. The molecule has 31 heavy (non-hydrogen) atoms. The highest BCUT2D eigenvalue weighted by molar-refractivity contribution is 5.88. The van der Waals surface area contributed by atoms with Gasteiger partial charge in [0, 0.05) is 0 Å². The largest absolute Gasteiger partial charge is 0.481 e. The number of benzene rings is 1. The van der Waals surface area contributed by atoms with Gasteiger partial charge in [0.1, 0.15) is 0 Å². The van der Waals surface area contributed by atoms with Crippen molar-refractivity contribution in [1.29, 1.82) is 0 Å². The molecule has 0 radical (unpaired) electrons. The Morgan fingerprint density at radius 2 is 1.13 bits per heavy atom. The first kappa shape index (κ1) is 28.6. The molecule has 0 aliphatic heterocycles. The van der Waals surface area contributed by atoms with Crippen molar-refractivity contribution in [2.24, 2.45) is 0 Å². The topological polar surface area (TPSA) is 132 Å². The molecular weight excluding hydrogens is 400 g/mol. The summed E-state index contributed by atoms with van der Waals surface area (Å²) in [5.41, 5.74) is -1.24. The molecule has 0 fully saturated rings. The first-order chi connectivity index (χ1) is 14.7. The Labute approximate surface area is 185 Å². The zero-order valence-corrected chi connectivity index (χ0v) is 18.6. The summed E-state index contributed by atoms with van der Waals surface area (Å²) in [6.45, 7) is 2.28. The smallest absolute Gasteiger partial charge is 0.336 e. The van der Waals surface area contributed by atoms with Crippen LogP contribution in [-0.2, 0) is 20.8 Å². The summed E-state index contributed by atoms with van der Waals surface area (Å²) in [5, 5.41) is 33.8. The van der Waals surface area contributed by atoms with Crippen molar-refractivity contribution in [3.05, 3.63) is 35.9 Å². The van der Waals surface area contributed by atoms with Crippen molar-refractivity contribution in [2.75, 3.05) is 0 Å². The molecule has 176 valence electrons. The highest BCUT2D eigenvalue weighted by atomic mass is 16.4. The Balaban J connectivity index is 0.000000615. The minimum atomic E-state index is -2.74. The molecule has 0 bridgehead atoms. The third-order valence-corrected chi connectivity index (χ3v) is 4.95. The number of hydrogen-bond donors (Lipinski definition) is 4. The standard InChI is InChI=1S/C18H30.C6H8O7/c1-2-3-4-5-6-7-8-9-10-12-15-18-16-13-11-14-17-18;7-3(8)1-6(13,5(11)12)2-4(9)10/h11,13-14,16-17H,2-10,12,15H2,1H3;13H,1-2H2,(H,7,8)(H,9,10)(H,11,12). The lowest BCUT2D eigenvalue weighted by molar-refractivity contribution is -0.170. The number of aliphatic hydroxyl groups is 1. The Bertz CT molecular complexity index is 612. The Kier molecular flexibility index (Phi) is 15.9. The van der Waals surface area contributed by atoms with Crippen LogP contribution in [0.5, 0.6) is 0 Å². The van der Waals surface area contributed by atoms with Crippen LogP contribution in [0, 0.1) is 0 Å². The number of carboxylic acid groups (broad SMARTS) is 3. The molecule has 0 atom stereocenters. The molecule has 0 aliphatic carbocycles. The molecule has 0 aliphatic rings. The van der Waals surface area contributed by atoms with Crippen LogP contribution in [0.2, 0.25) is 0 Å². The number of carboxylic acids is 3. The van der Waals surface area contributed by atoms with Crippen LogP contribution in [-0.4, -0.2) is 43.9 Å². The van der Waals surface area contributed by atoms with E-state index in [9.17, 15) is 14.4 Å². The molecule has 7 nitrogen and oxygen atoms in total. The molecular formula is C24H38O7. The molecule has 1 aromatic rings. The van der Waals surface area contributed by atoms with Crippen LogP contribution < -0.4 is 0 Å². The van der Waals surface area contributed by atoms with E-state index in [1.807, 2.05) is 0 Å². The van der Waals surface area contributed by atoms with E-state index in [4.69, 9.17) is 20.4 Å². The van der Waals surface area contributed by atoms with Crippen LogP contribution in [0.25, 0.3) is 0 Å². The fourth-order valence-corrected chi connectivity index (χ4v) is 3.18. The van der Waals surface area contributed by atoms with Crippen molar-refractivity contribution < 1.29 is 34.8 Å². The average Bonchev–Trinajstić information content (AvgIpc) is 2.69. The van der Waals surface area contributed by atoms with E-state index in [0.717, 1.165) is 0 Å². The zero-order chi connectivity index (χ0) is 23.5. The molecule has 0 spiro atoms. The van der Waals surface area contributed by atoms with Gasteiger partial charge in [-0.1, -0.05) is 95.0 Å². The summed E-state index contributed by atoms with van der Waals surface area (Å²) in [7, 11) is 0. The summed E-state index contributed by atoms with van der Waals surface area (Å²) in [6.07, 6.45) is 13.2. The van der Waals surface area contributed by atoms with E-state index in [1.165, 1.54) is 76.2 Å². The van der Waals surface area contributed by atoms with Crippen LogP contribution in [0.15, 0.2) is 30.3 Å². The lowest BCUT2D eigenvalue weighted by Crippen LogP contribution is -2.42. The Morgan fingerprint density at radius 1 is 0.710 bits per heavy atom. The summed E-state index contributed by atoms with van der Waals surface area (Å²) in [4.78, 5) is 30.5. The first-order valence-electron chi connectivity index (χ1n) is 11.1. The maximum absolute atomic E-state index is 10.3. The number of aliphatic carboxylic acids is 3. The van der Waals surface area contributed by atoms with E-state index in [1.54, 1.807) is 0 Å². The lowest BCUT2D eigenvalue weighted by Gasteiger charge is -2.18. The van der Waals surface area contributed by atoms with Gasteiger partial charge in [-0.3, -0.25) is 9.59 Å². The minimum absolute atomic E-state index is 1.14. The normalized spacial score (nSPS) is 10.8. The van der Waals surface area contributed by atoms with Gasteiger partial charge in [0.05, 0.1) is 12.8 Å². The van der Waals surface area contributed by atoms with Crippen molar-refractivity contribution in [2.45, 2.75) is 96.0 Å². The van der Waals surface area contributed by atoms with Crippen LogP contribution in [0.1, 0.15) is 89.5 Å². The van der Waals surface area contributed by atoms with Crippen LogP contribution in [0.3, 0.4) is 0 Å². The monoisotopic (exact) mass is 438 g/mol. The second-order valence-electron chi connectivity index (χ2n) is 7.90. The molecule has 0 saturated heterocycles. The molecule has 0 heterocycles. The Hall–Kier alpha value is -2.41. The van der Waals surface area contributed by atoms with Crippen molar-refractivity contribution in [1.82, 2.24) is 0 Å². The highest BCUT2D eigenvalue weighted by Gasteiger charge is 2.40. The van der Waals surface area contributed by atoms with Gasteiger partial charge in [-0.05, 0) is 18.4 Å². The maximum atomic E-state index is 10.3. The third-order valence-electron chi connectivity index (χ3n) is 4.95. The average molecular weight is 439 g/mol. The van der Waals surface area contributed by atoms with Crippen molar-refractivity contribution in [3.8, 4) is 0 Å². The minimum Gasteiger partial charge on any atom is -0.481 e. The first-order valence-corrected chi connectivity index (χ1v) is 11.1. The van der Waals surface area contributed by atoms with Gasteiger partial charge >= 0.3 is 17.9 Å². The van der Waals surface area contributed by atoms with E-state index >= 15 is 0 Å². The fraction of sp³-hybridized carbons (Fsp3) is 0.625. The summed E-state index contributed by atoms with van der Waals surface area (Å²) in [5.74, 6) is -5.02. The van der Waals surface area contributed by atoms with Gasteiger partial charge in [0.2, 0.25) is 0 Å². The molecule has 0 aromatic heterocycles. The number of rotatable bonds is 16. The predicted octanol–water partition coefficient (Wildman–Crippen LogP) is 4.90. The van der Waals surface area contributed by atoms with E-state index in [2.05, 4.69) is 37.3 Å². The lowest BCUT2D eigenvalue weighted by atomic mass is 9.96. The predicted molar refractivity (Wildman–Crippen MR) is 119 cm³/mol. The van der Waals surface area contributed by atoms with Gasteiger partial charge < -0.3 is 20.4 Å². The van der Waals surface area contributed by atoms with Gasteiger partial charge in [-0.25, -0.2) is 4.79 Å². The molecule has 0 amide bonds. The van der Waals surface area contributed by atoms with Crippen LogP contribution >= 0.6 is 0 Å². The fourth-order valence-electron chi connectivity index (χ4n) is 3.18. The molecule has 0 unspecified atom stereocenters. The highest BCUT2D eigenvalue weighted by Crippen LogP contribution is 2.16. The number of aryl methyl sites for hydroxylation is 1. The molecule has 0 saturated carbocycles. The third kappa shape index (κ3) is 16.0. The second-order valence-corrected chi connectivity index (χ2v) is 7.90. The maximum Gasteiger partial charge on any atom is 0.336 e. The van der Waals surface area contributed by atoms with E-state index in [0.29, 0.717) is 0 Å². The van der Waals surface area contributed by atoms with E-state index < -0.39 is 36.4 Å². The molecule has 7 heteroatoms. The van der Waals surface area contributed by atoms with Gasteiger partial charge in [-0.15, -0.1) is 0 Å². The molecule has 1 rings (SSSR count). The summed E-state index contributed by atoms with van der Waals surface area (Å²) in [6, 6.07) is 10.9. The second kappa shape index (κ2) is 17.3. The van der Waals surface area contributed by atoms with Gasteiger partial charge in [0.15, 0.2) is 5.60 Å². The Morgan fingerprint density at radius 3 is 1.52 bits per heavy atom. The van der Waals surface area contributed by atoms with Crippen molar-refractivity contribution in [3.63, 3.8) is 0 Å². The zero-order valence-electron chi connectivity index (χ0n) is 18.6. The number of hydrogen-bond acceptors (Lipinski definition) is 4. The summed E-state index contributed by atoms with van der Waals surface area (Å²) < 4.78 is 0. The van der Waals surface area contributed by atoms with Gasteiger partial charge in [0.25, 0.3) is 0 Å². The van der Waals surface area contributed by atoms with E-state index in [-0.39, 0.29) is 0 Å². The van der Waals surface area contributed by atoms with Crippen molar-refractivity contribution >= 4 is 17.9 Å². The SMILES string of the molecule is CCCCCCCCCCCCc1ccccc1.O=C(O)CC(O)(CC(=O)O)C(=O)O. The molecule has 4 N–H and O–H groups in total. The quantitative estimate of drug-likeness (QED) is 0.270.